The highest BCUT2D eigenvalue weighted by Gasteiger charge is 2.42. The minimum absolute atomic E-state index is 0.110. The summed E-state index contributed by atoms with van der Waals surface area (Å²) in [5, 5.41) is 0. The summed E-state index contributed by atoms with van der Waals surface area (Å²) < 4.78 is 4.77. The first-order chi connectivity index (χ1) is 7.81. The van der Waals surface area contributed by atoms with E-state index in [4.69, 9.17) is 4.74 Å². The Morgan fingerprint density at radius 1 is 1.25 bits per heavy atom. The van der Waals surface area contributed by atoms with Crippen molar-refractivity contribution in [2.45, 2.75) is 18.3 Å². The zero-order valence-corrected chi connectivity index (χ0v) is 9.22. The first kappa shape index (κ1) is 9.64. The van der Waals surface area contributed by atoms with Gasteiger partial charge in [0, 0.05) is 11.8 Å². The second-order valence-electron chi connectivity index (χ2n) is 4.50. The maximum atomic E-state index is 11.4. The topological polar surface area (TPSA) is 26.3 Å². The van der Waals surface area contributed by atoms with Gasteiger partial charge in [0.25, 0.3) is 0 Å². The van der Waals surface area contributed by atoms with E-state index in [1.54, 1.807) is 0 Å². The Morgan fingerprint density at radius 3 is 2.62 bits per heavy atom. The Labute approximate surface area is 94.9 Å². The molecule has 0 bridgehead atoms. The number of hydrogen-bond donors (Lipinski definition) is 0. The summed E-state index contributed by atoms with van der Waals surface area (Å²) >= 11 is 0. The number of hydrogen-bond acceptors (Lipinski definition) is 2. The molecule has 0 N–H and O–H groups in total. The Kier molecular flexibility index (Phi) is 2.10. The molecule has 1 aromatic carbocycles. The van der Waals surface area contributed by atoms with Crippen molar-refractivity contribution in [2.24, 2.45) is 5.92 Å². The lowest BCUT2D eigenvalue weighted by molar-refractivity contribution is -0.141. The van der Waals surface area contributed by atoms with E-state index in [0.717, 1.165) is 0 Å². The molecule has 0 aliphatic heterocycles. The first-order valence-corrected chi connectivity index (χ1v) is 5.65. The standard InChI is InChI=1S/C14H14O2/c1-16-14(15)8-13-10-5-3-2-4-9(10)11-6-7-12(11)13/h2-7,11-13H,8H2,1H3/t11-,12-,13+/m0/s1. The summed E-state index contributed by atoms with van der Waals surface area (Å²) in [6.07, 6.45) is 4.96. The molecule has 3 atom stereocenters. The van der Waals surface area contributed by atoms with E-state index in [-0.39, 0.29) is 5.97 Å². The van der Waals surface area contributed by atoms with E-state index < -0.39 is 0 Å². The van der Waals surface area contributed by atoms with Crippen LogP contribution in [0.1, 0.15) is 29.4 Å². The van der Waals surface area contributed by atoms with Crippen LogP contribution in [-0.2, 0) is 9.53 Å². The van der Waals surface area contributed by atoms with Gasteiger partial charge in [0.15, 0.2) is 0 Å². The molecule has 0 heterocycles. The molecule has 0 fully saturated rings. The molecule has 0 spiro atoms. The maximum Gasteiger partial charge on any atom is 0.306 e. The normalized spacial score (nSPS) is 29.2. The van der Waals surface area contributed by atoms with Gasteiger partial charge < -0.3 is 4.74 Å². The largest absolute Gasteiger partial charge is 0.469 e. The number of benzene rings is 1. The van der Waals surface area contributed by atoms with Gasteiger partial charge in [0.1, 0.15) is 0 Å². The van der Waals surface area contributed by atoms with Gasteiger partial charge >= 0.3 is 5.97 Å². The van der Waals surface area contributed by atoms with Gasteiger partial charge in [0.05, 0.1) is 13.5 Å². The van der Waals surface area contributed by atoms with Crippen LogP contribution in [0.15, 0.2) is 36.4 Å². The Bertz CT molecular complexity index is 462. The van der Waals surface area contributed by atoms with Crippen molar-refractivity contribution < 1.29 is 9.53 Å². The van der Waals surface area contributed by atoms with Gasteiger partial charge in [-0.25, -0.2) is 0 Å². The zero-order chi connectivity index (χ0) is 11.1. The van der Waals surface area contributed by atoms with Gasteiger partial charge in [-0.05, 0) is 17.0 Å². The van der Waals surface area contributed by atoms with Crippen LogP contribution in [0.25, 0.3) is 0 Å². The van der Waals surface area contributed by atoms with E-state index in [9.17, 15) is 4.79 Å². The van der Waals surface area contributed by atoms with E-state index in [1.165, 1.54) is 18.2 Å². The molecule has 0 unspecified atom stereocenters. The number of allylic oxidation sites excluding steroid dienone is 2. The van der Waals surface area contributed by atoms with Crippen LogP contribution in [-0.4, -0.2) is 13.1 Å². The predicted molar refractivity (Wildman–Crippen MR) is 61.2 cm³/mol. The summed E-state index contributed by atoms with van der Waals surface area (Å²) in [6.45, 7) is 0. The number of esters is 1. The summed E-state index contributed by atoms with van der Waals surface area (Å²) in [5.74, 6) is 1.25. The SMILES string of the molecule is COC(=O)C[C@@H]1c2ccccc2[C@@H]2C=C[C@H]12. The molecule has 0 saturated heterocycles. The number of fused-ring (bicyclic) bond motifs is 3. The molecular formula is C14H14O2. The highest BCUT2D eigenvalue weighted by Crippen LogP contribution is 2.54. The van der Waals surface area contributed by atoms with Crippen LogP contribution in [0.2, 0.25) is 0 Å². The summed E-state index contributed by atoms with van der Waals surface area (Å²) in [7, 11) is 1.46. The van der Waals surface area contributed by atoms with Crippen LogP contribution in [0, 0.1) is 5.92 Å². The molecule has 2 aliphatic rings. The average Bonchev–Trinajstić information content (AvgIpc) is 2.46. The van der Waals surface area contributed by atoms with Gasteiger partial charge in [-0.1, -0.05) is 36.4 Å². The third kappa shape index (κ3) is 1.22. The highest BCUT2D eigenvalue weighted by molar-refractivity contribution is 5.71. The Morgan fingerprint density at radius 2 is 2.00 bits per heavy atom. The van der Waals surface area contributed by atoms with Crippen molar-refractivity contribution >= 4 is 5.97 Å². The Hall–Kier alpha value is -1.57. The summed E-state index contributed by atoms with van der Waals surface area (Å²) in [4.78, 5) is 11.4. The second kappa shape index (κ2) is 3.48. The van der Waals surface area contributed by atoms with E-state index in [0.29, 0.717) is 24.2 Å². The van der Waals surface area contributed by atoms with Crippen LogP contribution in [0.3, 0.4) is 0 Å². The van der Waals surface area contributed by atoms with Crippen molar-refractivity contribution in [3.05, 3.63) is 47.5 Å². The molecular weight excluding hydrogens is 200 g/mol. The molecule has 16 heavy (non-hydrogen) atoms. The van der Waals surface area contributed by atoms with Crippen LogP contribution in [0.5, 0.6) is 0 Å². The fourth-order valence-electron chi connectivity index (χ4n) is 2.91. The van der Waals surface area contributed by atoms with Crippen molar-refractivity contribution in [3.63, 3.8) is 0 Å². The van der Waals surface area contributed by atoms with Gasteiger partial charge in [0.2, 0.25) is 0 Å². The molecule has 82 valence electrons. The van der Waals surface area contributed by atoms with Crippen molar-refractivity contribution in [2.75, 3.05) is 7.11 Å². The van der Waals surface area contributed by atoms with E-state index >= 15 is 0 Å². The van der Waals surface area contributed by atoms with Crippen LogP contribution >= 0.6 is 0 Å². The molecule has 2 heteroatoms. The smallest absolute Gasteiger partial charge is 0.306 e. The van der Waals surface area contributed by atoms with Crippen molar-refractivity contribution in [3.8, 4) is 0 Å². The molecule has 0 saturated carbocycles. The number of methoxy groups -OCH3 is 1. The van der Waals surface area contributed by atoms with Crippen molar-refractivity contribution in [1.29, 1.82) is 0 Å². The molecule has 0 aromatic heterocycles. The molecule has 0 amide bonds. The van der Waals surface area contributed by atoms with Crippen LogP contribution in [0.4, 0.5) is 0 Å². The number of ether oxygens (including phenoxy) is 1. The highest BCUT2D eigenvalue weighted by atomic mass is 16.5. The fourth-order valence-corrected chi connectivity index (χ4v) is 2.91. The average molecular weight is 214 g/mol. The lowest BCUT2D eigenvalue weighted by atomic mass is 9.77. The minimum Gasteiger partial charge on any atom is -0.469 e. The molecule has 2 nitrogen and oxygen atoms in total. The Balaban J connectivity index is 1.94. The molecule has 3 rings (SSSR count). The van der Waals surface area contributed by atoms with E-state index in [1.807, 2.05) is 6.07 Å². The molecule has 0 radical (unpaired) electrons. The van der Waals surface area contributed by atoms with Crippen molar-refractivity contribution in [1.82, 2.24) is 0 Å². The number of carbonyl (C=O) groups excluding carboxylic acids is 1. The lowest BCUT2D eigenvalue weighted by Crippen LogP contribution is -2.18. The van der Waals surface area contributed by atoms with E-state index in [2.05, 4.69) is 30.4 Å². The van der Waals surface area contributed by atoms with Crippen LogP contribution < -0.4 is 0 Å². The second-order valence-corrected chi connectivity index (χ2v) is 4.50. The third-order valence-corrected chi connectivity index (χ3v) is 3.79. The fraction of sp³-hybridized carbons (Fsp3) is 0.357. The minimum atomic E-state index is -0.110. The zero-order valence-electron chi connectivity index (χ0n) is 9.22. The monoisotopic (exact) mass is 214 g/mol. The summed E-state index contributed by atoms with van der Waals surface area (Å²) in [5.41, 5.74) is 2.72. The predicted octanol–water partition coefficient (Wildman–Crippen LogP) is 2.62. The molecule has 2 aliphatic carbocycles. The van der Waals surface area contributed by atoms with Gasteiger partial charge in [-0.3, -0.25) is 4.79 Å². The third-order valence-electron chi connectivity index (χ3n) is 3.79. The van der Waals surface area contributed by atoms with Gasteiger partial charge in [-0.2, -0.15) is 0 Å². The number of rotatable bonds is 2. The lowest BCUT2D eigenvalue weighted by Gasteiger charge is -2.26. The molecule has 1 aromatic rings. The quantitative estimate of drug-likeness (QED) is 0.558. The first-order valence-electron chi connectivity index (χ1n) is 5.65. The van der Waals surface area contributed by atoms with Gasteiger partial charge in [-0.15, -0.1) is 0 Å². The maximum absolute atomic E-state index is 11.4. The number of carbonyl (C=O) groups is 1. The summed E-state index contributed by atoms with van der Waals surface area (Å²) in [6, 6.07) is 8.44.